The van der Waals surface area contributed by atoms with Gasteiger partial charge < -0.3 is 11.5 Å². The van der Waals surface area contributed by atoms with Crippen LogP contribution in [0, 0.1) is 0 Å². The Bertz CT molecular complexity index is 342. The van der Waals surface area contributed by atoms with Gasteiger partial charge in [0, 0.05) is 9.57 Å². The lowest BCUT2D eigenvalue weighted by atomic mass is 10.2. The third-order valence-electron chi connectivity index (χ3n) is 1.32. The number of benzene rings is 1. The van der Waals surface area contributed by atoms with Crippen LogP contribution < -0.4 is 16.6 Å². The van der Waals surface area contributed by atoms with Gasteiger partial charge in [-0.25, -0.2) is 0 Å². The molecular formula is C8H10BrN4+. The molecule has 1 rings (SSSR count). The first-order chi connectivity index (χ1) is 6.20. The molecule has 0 heterocycles. The molecule has 0 bridgehead atoms. The summed E-state index contributed by atoms with van der Waals surface area (Å²) in [4.78, 5) is 0. The van der Waals surface area contributed by atoms with Crippen molar-refractivity contribution in [1.82, 2.24) is 0 Å². The molecule has 68 valence electrons. The number of rotatable bonds is 2. The molecule has 4 nitrogen and oxygen atoms in total. The Hall–Kier alpha value is -1.36. The standard InChI is InChI=1S/C8H9BrN4/c9-7-4-2-1-3-6(7)5-12-13-8(10)11/h1-5H,(H4,10,11,13)/p+1/b12-5-. The molecule has 13 heavy (non-hydrogen) atoms. The molecular weight excluding hydrogens is 232 g/mol. The van der Waals surface area contributed by atoms with Crippen LogP contribution in [-0.2, 0) is 0 Å². The fraction of sp³-hybridized carbons (Fsp3) is 0. The molecule has 0 amide bonds. The molecule has 0 aliphatic heterocycles. The lowest BCUT2D eigenvalue weighted by molar-refractivity contribution is -0.456. The minimum absolute atomic E-state index is 0.00306. The second-order valence-electron chi connectivity index (χ2n) is 2.33. The van der Waals surface area contributed by atoms with E-state index in [9.17, 15) is 0 Å². The maximum Gasteiger partial charge on any atom is 0.256 e. The van der Waals surface area contributed by atoms with Crippen molar-refractivity contribution >= 4 is 28.1 Å². The van der Waals surface area contributed by atoms with Crippen LogP contribution in [0.3, 0.4) is 0 Å². The van der Waals surface area contributed by atoms with E-state index < -0.39 is 0 Å². The highest BCUT2D eigenvalue weighted by molar-refractivity contribution is 9.10. The van der Waals surface area contributed by atoms with Gasteiger partial charge in [0.25, 0.3) is 5.96 Å². The SMILES string of the molecule is NC(N)=N/[NH+]=C\c1ccccc1Br. The molecule has 0 spiro atoms. The van der Waals surface area contributed by atoms with Crippen LogP contribution in [0.15, 0.2) is 33.8 Å². The molecule has 0 aromatic heterocycles. The minimum atomic E-state index is 0.00306. The van der Waals surface area contributed by atoms with E-state index >= 15 is 0 Å². The van der Waals surface area contributed by atoms with Gasteiger partial charge in [-0.05, 0) is 28.1 Å². The van der Waals surface area contributed by atoms with E-state index in [1.165, 1.54) is 0 Å². The van der Waals surface area contributed by atoms with Crippen molar-refractivity contribution in [2.45, 2.75) is 0 Å². The van der Waals surface area contributed by atoms with Crippen molar-refractivity contribution in [3.05, 3.63) is 34.3 Å². The zero-order chi connectivity index (χ0) is 9.68. The van der Waals surface area contributed by atoms with E-state index in [2.05, 4.69) is 26.1 Å². The monoisotopic (exact) mass is 241 g/mol. The summed E-state index contributed by atoms with van der Waals surface area (Å²) in [6.45, 7) is 0. The highest BCUT2D eigenvalue weighted by Gasteiger charge is 1.96. The van der Waals surface area contributed by atoms with E-state index in [1.807, 2.05) is 24.3 Å². The summed E-state index contributed by atoms with van der Waals surface area (Å²) in [5.74, 6) is 0.00306. The topological polar surface area (TPSA) is 78.4 Å². The summed E-state index contributed by atoms with van der Waals surface area (Å²) >= 11 is 3.38. The minimum Gasteiger partial charge on any atom is -0.365 e. The number of halogens is 1. The zero-order valence-corrected chi connectivity index (χ0v) is 8.45. The fourth-order valence-electron chi connectivity index (χ4n) is 0.769. The molecule has 0 aliphatic carbocycles. The Labute approximate surface area is 84.5 Å². The van der Waals surface area contributed by atoms with E-state index in [-0.39, 0.29) is 5.96 Å². The molecule has 0 fully saturated rings. The van der Waals surface area contributed by atoms with Gasteiger partial charge in [0.05, 0.1) is 5.56 Å². The zero-order valence-electron chi connectivity index (χ0n) is 6.87. The van der Waals surface area contributed by atoms with Gasteiger partial charge >= 0.3 is 0 Å². The summed E-state index contributed by atoms with van der Waals surface area (Å²) in [7, 11) is 0. The molecule has 0 saturated carbocycles. The summed E-state index contributed by atoms with van der Waals surface area (Å²) in [5, 5.41) is 6.23. The molecule has 5 N–H and O–H groups in total. The fourth-order valence-corrected chi connectivity index (χ4v) is 1.17. The van der Waals surface area contributed by atoms with Crippen LogP contribution in [0.25, 0.3) is 0 Å². The highest BCUT2D eigenvalue weighted by atomic mass is 79.9. The lowest BCUT2D eigenvalue weighted by Crippen LogP contribution is -2.63. The van der Waals surface area contributed by atoms with Gasteiger partial charge in [0.2, 0.25) is 6.21 Å². The Morgan fingerprint density at radius 2 is 2.08 bits per heavy atom. The molecule has 0 atom stereocenters. The van der Waals surface area contributed by atoms with Gasteiger partial charge in [-0.3, -0.25) is 0 Å². The van der Waals surface area contributed by atoms with Crippen LogP contribution in [0.2, 0.25) is 0 Å². The number of guanidine groups is 1. The number of nitrogens with two attached hydrogens (primary N) is 2. The van der Waals surface area contributed by atoms with Crippen molar-refractivity contribution in [3.8, 4) is 0 Å². The predicted octanol–water partition coefficient (Wildman–Crippen LogP) is -0.863. The first kappa shape index (κ1) is 9.73. The van der Waals surface area contributed by atoms with Crippen molar-refractivity contribution in [2.75, 3.05) is 0 Å². The van der Waals surface area contributed by atoms with Crippen LogP contribution in [0.1, 0.15) is 5.56 Å². The van der Waals surface area contributed by atoms with Gasteiger partial charge in [0.1, 0.15) is 0 Å². The maximum absolute atomic E-state index is 5.13. The Morgan fingerprint density at radius 3 is 2.69 bits per heavy atom. The van der Waals surface area contributed by atoms with Gasteiger partial charge in [-0.15, -0.1) is 5.10 Å². The third-order valence-corrected chi connectivity index (χ3v) is 2.04. The molecule has 1 aromatic rings. The first-order valence-electron chi connectivity index (χ1n) is 3.62. The number of nitrogens with one attached hydrogen (secondary N) is 1. The number of nitrogens with zero attached hydrogens (tertiary/aromatic N) is 1. The Kier molecular flexibility index (Phi) is 3.45. The highest BCUT2D eigenvalue weighted by Crippen LogP contribution is 2.12. The number of hydrazone groups is 1. The quantitative estimate of drug-likeness (QED) is 0.358. The van der Waals surface area contributed by atoms with E-state index in [4.69, 9.17) is 11.5 Å². The molecule has 0 saturated heterocycles. The molecule has 0 radical (unpaired) electrons. The average molecular weight is 242 g/mol. The molecule has 1 aromatic carbocycles. The smallest absolute Gasteiger partial charge is 0.256 e. The molecule has 0 aliphatic rings. The maximum atomic E-state index is 5.13. The van der Waals surface area contributed by atoms with Crippen LogP contribution in [-0.4, -0.2) is 12.2 Å². The second-order valence-corrected chi connectivity index (χ2v) is 3.19. The summed E-state index contributed by atoms with van der Waals surface area (Å²) in [5.41, 5.74) is 11.2. The van der Waals surface area contributed by atoms with Crippen molar-refractivity contribution < 1.29 is 5.10 Å². The summed E-state index contributed by atoms with van der Waals surface area (Å²) < 4.78 is 0.980. The predicted molar refractivity (Wildman–Crippen MR) is 56.1 cm³/mol. The van der Waals surface area contributed by atoms with E-state index in [0.717, 1.165) is 10.0 Å². The van der Waals surface area contributed by atoms with E-state index in [0.29, 0.717) is 0 Å². The number of hydrogen-bond donors (Lipinski definition) is 3. The van der Waals surface area contributed by atoms with Crippen molar-refractivity contribution in [1.29, 1.82) is 0 Å². The van der Waals surface area contributed by atoms with Gasteiger partial charge in [0.15, 0.2) is 0 Å². The van der Waals surface area contributed by atoms with E-state index in [1.54, 1.807) is 6.21 Å². The lowest BCUT2D eigenvalue weighted by Gasteiger charge is -1.90. The van der Waals surface area contributed by atoms with Crippen LogP contribution in [0.4, 0.5) is 0 Å². The largest absolute Gasteiger partial charge is 0.365 e. The normalized spacial score (nSPS) is 10.2. The summed E-state index contributed by atoms with van der Waals surface area (Å²) in [6.07, 6.45) is 1.70. The molecule has 0 unspecified atom stereocenters. The summed E-state index contributed by atoms with van der Waals surface area (Å²) in [6, 6.07) is 7.72. The van der Waals surface area contributed by atoms with Crippen molar-refractivity contribution in [3.63, 3.8) is 0 Å². The number of hydrogen-bond acceptors (Lipinski definition) is 1. The van der Waals surface area contributed by atoms with Crippen LogP contribution >= 0.6 is 15.9 Å². The Morgan fingerprint density at radius 1 is 1.38 bits per heavy atom. The van der Waals surface area contributed by atoms with Gasteiger partial charge in [-0.2, -0.15) is 0 Å². The Balaban J connectivity index is 2.80. The second kappa shape index (κ2) is 4.61. The first-order valence-corrected chi connectivity index (χ1v) is 4.41. The van der Waals surface area contributed by atoms with Gasteiger partial charge in [-0.1, -0.05) is 12.1 Å². The average Bonchev–Trinajstić information content (AvgIpc) is 2.08. The molecule has 5 heteroatoms. The van der Waals surface area contributed by atoms with Crippen LogP contribution in [0.5, 0.6) is 0 Å². The van der Waals surface area contributed by atoms with Crippen molar-refractivity contribution in [2.24, 2.45) is 16.6 Å². The third kappa shape index (κ3) is 3.25.